The first-order valence-electron chi connectivity index (χ1n) is 6.71. The molecule has 0 aliphatic rings. The minimum absolute atomic E-state index is 0.00909. The van der Waals surface area contributed by atoms with Crippen LogP contribution in [-0.4, -0.2) is 21.6 Å². The number of rotatable bonds is 5. The molecule has 0 bridgehead atoms. The lowest BCUT2D eigenvalue weighted by Gasteiger charge is -2.15. The molecule has 0 fully saturated rings. The van der Waals surface area contributed by atoms with Gasteiger partial charge < -0.3 is 15.0 Å². The van der Waals surface area contributed by atoms with Gasteiger partial charge in [0.15, 0.2) is 0 Å². The Morgan fingerprint density at radius 3 is 2.52 bits per heavy atom. The number of carbonyl (C=O) groups excluding carboxylic acids is 1. The molecule has 1 amide bonds. The average molecular weight is 286 g/mol. The van der Waals surface area contributed by atoms with Crippen molar-refractivity contribution < 1.29 is 14.7 Å². The molecule has 0 saturated carbocycles. The van der Waals surface area contributed by atoms with Crippen LogP contribution in [0.25, 0.3) is 0 Å². The molecular weight excluding hydrogens is 268 g/mol. The lowest BCUT2D eigenvalue weighted by atomic mass is 10.1. The number of carboxylic acid groups (broad SMARTS) is 1. The molecular formula is C16H18N2O3. The lowest BCUT2D eigenvalue weighted by Crippen LogP contribution is -2.30. The van der Waals surface area contributed by atoms with Crippen LogP contribution in [0.5, 0.6) is 0 Å². The summed E-state index contributed by atoms with van der Waals surface area (Å²) in [5.41, 5.74) is 2.28. The fraction of sp³-hybridized carbons (Fsp3) is 0.250. The van der Waals surface area contributed by atoms with E-state index in [0.29, 0.717) is 0 Å². The lowest BCUT2D eigenvalue weighted by molar-refractivity contribution is -0.122. The quantitative estimate of drug-likeness (QED) is 0.886. The van der Waals surface area contributed by atoms with Crippen LogP contribution in [0.15, 0.2) is 42.6 Å². The van der Waals surface area contributed by atoms with Gasteiger partial charge in [-0.2, -0.15) is 0 Å². The summed E-state index contributed by atoms with van der Waals surface area (Å²) < 4.78 is 1.42. The molecule has 2 N–H and O–H groups in total. The van der Waals surface area contributed by atoms with Gasteiger partial charge in [0.2, 0.25) is 5.91 Å². The topological polar surface area (TPSA) is 71.3 Å². The third-order valence-corrected chi connectivity index (χ3v) is 3.32. The molecule has 21 heavy (non-hydrogen) atoms. The van der Waals surface area contributed by atoms with Crippen molar-refractivity contribution >= 4 is 11.9 Å². The Hall–Kier alpha value is -2.56. The third kappa shape index (κ3) is 3.72. The minimum atomic E-state index is -1.04. The van der Waals surface area contributed by atoms with E-state index in [2.05, 4.69) is 5.32 Å². The fourth-order valence-corrected chi connectivity index (χ4v) is 2.13. The fourth-order valence-electron chi connectivity index (χ4n) is 2.13. The van der Waals surface area contributed by atoms with Gasteiger partial charge in [-0.15, -0.1) is 0 Å². The Morgan fingerprint density at radius 1 is 1.24 bits per heavy atom. The van der Waals surface area contributed by atoms with Gasteiger partial charge in [0.05, 0.1) is 6.04 Å². The highest BCUT2D eigenvalue weighted by Crippen LogP contribution is 2.13. The zero-order chi connectivity index (χ0) is 15.4. The van der Waals surface area contributed by atoms with Crippen molar-refractivity contribution in [1.82, 2.24) is 9.88 Å². The van der Waals surface area contributed by atoms with Crippen molar-refractivity contribution in [3.8, 4) is 0 Å². The molecule has 0 saturated heterocycles. The van der Waals surface area contributed by atoms with E-state index >= 15 is 0 Å². The molecule has 1 aromatic carbocycles. The standard InChI is InChI=1S/C16H18N2O3/c1-11-5-7-13(8-6-11)12(2)17-15(19)10-18-9-3-4-14(18)16(20)21/h3-9,12H,10H2,1-2H3,(H,17,19)(H,20,21). The molecule has 0 spiro atoms. The SMILES string of the molecule is Cc1ccc(C(C)NC(=O)Cn2cccc2C(=O)O)cc1. The van der Waals surface area contributed by atoms with Gasteiger partial charge in [0, 0.05) is 6.20 Å². The molecule has 1 unspecified atom stereocenters. The van der Waals surface area contributed by atoms with Gasteiger partial charge in [-0.05, 0) is 31.5 Å². The molecule has 5 nitrogen and oxygen atoms in total. The molecule has 2 rings (SSSR count). The Morgan fingerprint density at radius 2 is 1.90 bits per heavy atom. The van der Waals surface area contributed by atoms with Crippen molar-refractivity contribution in [1.29, 1.82) is 0 Å². The molecule has 1 heterocycles. The van der Waals surface area contributed by atoms with Gasteiger partial charge in [0.1, 0.15) is 12.2 Å². The van der Waals surface area contributed by atoms with Crippen LogP contribution in [-0.2, 0) is 11.3 Å². The zero-order valence-electron chi connectivity index (χ0n) is 12.0. The van der Waals surface area contributed by atoms with E-state index in [1.807, 2.05) is 38.1 Å². The predicted octanol–water partition coefficient (Wildman–Crippen LogP) is 2.37. The molecule has 110 valence electrons. The van der Waals surface area contributed by atoms with Crippen LogP contribution in [0.4, 0.5) is 0 Å². The normalized spacial score (nSPS) is 11.9. The summed E-state index contributed by atoms with van der Waals surface area (Å²) in [5.74, 6) is -1.26. The first-order chi connectivity index (χ1) is 9.97. The predicted molar refractivity (Wildman–Crippen MR) is 79.1 cm³/mol. The van der Waals surface area contributed by atoms with Crippen molar-refractivity contribution in [3.63, 3.8) is 0 Å². The van der Waals surface area contributed by atoms with E-state index in [0.717, 1.165) is 11.1 Å². The van der Waals surface area contributed by atoms with Crippen LogP contribution in [0.1, 0.15) is 34.6 Å². The second-order valence-electron chi connectivity index (χ2n) is 5.03. The maximum absolute atomic E-state index is 12.0. The number of hydrogen-bond acceptors (Lipinski definition) is 2. The van der Waals surface area contributed by atoms with Crippen molar-refractivity contribution in [2.75, 3.05) is 0 Å². The van der Waals surface area contributed by atoms with Gasteiger partial charge >= 0.3 is 5.97 Å². The number of amides is 1. The van der Waals surface area contributed by atoms with E-state index in [-0.39, 0.29) is 24.2 Å². The largest absolute Gasteiger partial charge is 0.477 e. The molecule has 0 aliphatic carbocycles. The summed E-state index contributed by atoms with van der Waals surface area (Å²) in [7, 11) is 0. The van der Waals surface area contributed by atoms with Crippen molar-refractivity contribution in [3.05, 3.63) is 59.4 Å². The first kappa shape index (κ1) is 14.8. The number of benzene rings is 1. The van der Waals surface area contributed by atoms with Crippen molar-refractivity contribution in [2.24, 2.45) is 0 Å². The third-order valence-electron chi connectivity index (χ3n) is 3.32. The van der Waals surface area contributed by atoms with Crippen molar-refractivity contribution in [2.45, 2.75) is 26.4 Å². The van der Waals surface area contributed by atoms with Crippen LogP contribution >= 0.6 is 0 Å². The summed E-state index contributed by atoms with van der Waals surface area (Å²) in [6.07, 6.45) is 1.58. The van der Waals surface area contributed by atoms with Crippen LogP contribution in [0.3, 0.4) is 0 Å². The molecule has 1 atom stereocenters. The van der Waals surface area contributed by atoms with E-state index in [9.17, 15) is 9.59 Å². The average Bonchev–Trinajstić information content (AvgIpc) is 2.87. The molecule has 0 radical (unpaired) electrons. The first-order valence-corrected chi connectivity index (χ1v) is 6.71. The summed E-state index contributed by atoms with van der Waals surface area (Å²) in [4.78, 5) is 23.0. The number of hydrogen-bond donors (Lipinski definition) is 2. The van der Waals surface area contributed by atoms with Gasteiger partial charge in [-0.25, -0.2) is 4.79 Å². The van der Waals surface area contributed by atoms with Crippen LogP contribution < -0.4 is 5.32 Å². The Kier molecular flexibility index (Phi) is 4.42. The Bertz CT molecular complexity index is 644. The Labute approximate surface area is 123 Å². The summed E-state index contributed by atoms with van der Waals surface area (Å²) in [6.45, 7) is 3.90. The number of aryl methyl sites for hydroxylation is 1. The summed E-state index contributed by atoms with van der Waals surface area (Å²) in [6, 6.07) is 10.9. The van der Waals surface area contributed by atoms with Gasteiger partial charge in [-0.3, -0.25) is 4.79 Å². The maximum atomic E-state index is 12.0. The highest BCUT2D eigenvalue weighted by atomic mass is 16.4. The number of nitrogens with one attached hydrogen (secondary N) is 1. The number of aromatic nitrogens is 1. The van der Waals surface area contributed by atoms with E-state index in [1.54, 1.807) is 12.3 Å². The van der Waals surface area contributed by atoms with Gasteiger partial charge in [-0.1, -0.05) is 29.8 Å². The van der Waals surface area contributed by atoms with Crippen LogP contribution in [0, 0.1) is 6.92 Å². The second kappa shape index (κ2) is 6.26. The molecule has 5 heteroatoms. The second-order valence-corrected chi connectivity index (χ2v) is 5.03. The van der Waals surface area contributed by atoms with E-state index in [4.69, 9.17) is 5.11 Å². The smallest absolute Gasteiger partial charge is 0.352 e. The Balaban J connectivity index is 1.99. The van der Waals surface area contributed by atoms with Crippen LogP contribution in [0.2, 0.25) is 0 Å². The molecule has 0 aliphatic heterocycles. The zero-order valence-corrected chi connectivity index (χ0v) is 12.0. The van der Waals surface area contributed by atoms with E-state index < -0.39 is 5.97 Å². The summed E-state index contributed by atoms with van der Waals surface area (Å²) in [5, 5.41) is 11.9. The number of carboxylic acids is 1. The summed E-state index contributed by atoms with van der Waals surface area (Å²) >= 11 is 0. The number of carbonyl (C=O) groups is 2. The maximum Gasteiger partial charge on any atom is 0.352 e. The molecule has 2 aromatic rings. The van der Waals surface area contributed by atoms with E-state index in [1.165, 1.54) is 10.6 Å². The molecule has 1 aromatic heterocycles. The monoisotopic (exact) mass is 286 g/mol. The number of nitrogens with zero attached hydrogens (tertiary/aromatic N) is 1. The number of aromatic carboxylic acids is 1. The highest BCUT2D eigenvalue weighted by Gasteiger charge is 2.13. The highest BCUT2D eigenvalue weighted by molar-refractivity contribution is 5.87. The minimum Gasteiger partial charge on any atom is -0.477 e. The van der Waals surface area contributed by atoms with Gasteiger partial charge in [0.25, 0.3) is 0 Å².